The molecule has 0 bridgehead atoms. The topological polar surface area (TPSA) is 59.1 Å². The Bertz CT molecular complexity index is 581. The predicted molar refractivity (Wildman–Crippen MR) is 93.5 cm³/mol. The molecule has 0 radical (unpaired) electrons. The Kier molecular flexibility index (Phi) is 7.20. The minimum atomic E-state index is -0.388. The van der Waals surface area contributed by atoms with Gasteiger partial charge in [0, 0.05) is 24.6 Å². The number of hydrogen-bond acceptors (Lipinski definition) is 5. The summed E-state index contributed by atoms with van der Waals surface area (Å²) in [5, 5.41) is 0. The third-order valence-corrected chi connectivity index (χ3v) is 4.58. The van der Waals surface area contributed by atoms with Crippen molar-refractivity contribution in [2.75, 3.05) is 46.4 Å². The van der Waals surface area contributed by atoms with Gasteiger partial charge in [0.2, 0.25) is 5.91 Å². The lowest BCUT2D eigenvalue weighted by molar-refractivity contribution is -0.148. The van der Waals surface area contributed by atoms with E-state index in [-0.39, 0.29) is 31.1 Å². The Balaban J connectivity index is 1.89. The van der Waals surface area contributed by atoms with Gasteiger partial charge >= 0.3 is 5.97 Å². The highest BCUT2D eigenvalue weighted by atomic mass is 79.9. The second kappa shape index (κ2) is 9.15. The number of nitrogens with zero attached hydrogens (tertiary/aromatic N) is 2. The molecule has 1 aromatic carbocycles. The van der Waals surface area contributed by atoms with Gasteiger partial charge in [-0.25, -0.2) is 0 Å². The van der Waals surface area contributed by atoms with Crippen LogP contribution in [0.5, 0.6) is 0 Å². The van der Waals surface area contributed by atoms with Crippen LogP contribution < -0.4 is 0 Å². The minimum Gasteiger partial charge on any atom is -0.465 e. The lowest BCUT2D eigenvalue weighted by Crippen LogP contribution is -2.45. The Hall–Kier alpha value is -1.44. The van der Waals surface area contributed by atoms with Gasteiger partial charge in [-0.15, -0.1) is 0 Å². The van der Waals surface area contributed by atoms with Crippen molar-refractivity contribution in [3.8, 4) is 0 Å². The van der Waals surface area contributed by atoms with Gasteiger partial charge in [0.25, 0.3) is 0 Å². The van der Waals surface area contributed by atoms with Crippen molar-refractivity contribution in [3.63, 3.8) is 0 Å². The highest BCUT2D eigenvalue weighted by Gasteiger charge is 2.26. The number of carbonyl (C=O) groups is 2. The fourth-order valence-electron chi connectivity index (χ4n) is 2.57. The van der Waals surface area contributed by atoms with E-state index < -0.39 is 0 Å². The summed E-state index contributed by atoms with van der Waals surface area (Å²) in [6.45, 7) is 4.21. The van der Waals surface area contributed by atoms with E-state index in [1.54, 1.807) is 14.0 Å². The summed E-state index contributed by atoms with van der Waals surface area (Å²) < 4.78 is 11.7. The van der Waals surface area contributed by atoms with Gasteiger partial charge in [-0.2, -0.15) is 0 Å². The van der Waals surface area contributed by atoms with Crippen LogP contribution in [0.3, 0.4) is 0 Å². The average Bonchev–Trinajstić information content (AvgIpc) is 2.55. The molecule has 2 rings (SSSR count). The monoisotopic (exact) mass is 398 g/mol. The van der Waals surface area contributed by atoms with Crippen molar-refractivity contribution in [2.45, 2.75) is 13.0 Å². The van der Waals surface area contributed by atoms with Gasteiger partial charge < -0.3 is 14.4 Å². The molecule has 0 saturated carbocycles. The van der Waals surface area contributed by atoms with E-state index in [1.165, 1.54) is 4.90 Å². The van der Waals surface area contributed by atoms with Crippen molar-refractivity contribution in [2.24, 2.45) is 0 Å². The highest BCUT2D eigenvalue weighted by Crippen LogP contribution is 2.28. The van der Waals surface area contributed by atoms with Gasteiger partial charge in [-0.1, -0.05) is 34.1 Å². The smallest absolute Gasteiger partial charge is 0.325 e. The predicted octanol–water partition coefficient (Wildman–Crippen LogP) is 1.84. The first kappa shape index (κ1) is 18.9. The molecule has 1 saturated heterocycles. The standard InChI is InChI=1S/C17H23BrN2O4/c1-3-23-17(22)12-19(2)16(21)11-20-8-9-24-15(10-20)13-6-4-5-7-14(13)18/h4-7,15H,3,8-12H2,1-2H3. The number of halogens is 1. The summed E-state index contributed by atoms with van der Waals surface area (Å²) >= 11 is 3.54. The van der Waals surface area contributed by atoms with Crippen LogP contribution >= 0.6 is 15.9 Å². The van der Waals surface area contributed by atoms with Crippen LogP contribution in [0.1, 0.15) is 18.6 Å². The van der Waals surface area contributed by atoms with Crippen LogP contribution in [-0.4, -0.2) is 68.1 Å². The van der Waals surface area contributed by atoms with Gasteiger partial charge in [-0.05, 0) is 18.6 Å². The SMILES string of the molecule is CCOC(=O)CN(C)C(=O)CN1CCOC(c2ccccc2Br)C1. The first-order valence-corrected chi connectivity index (χ1v) is 8.78. The fourth-order valence-corrected chi connectivity index (χ4v) is 3.11. The van der Waals surface area contributed by atoms with Gasteiger partial charge in [0.15, 0.2) is 0 Å². The van der Waals surface area contributed by atoms with E-state index in [0.717, 1.165) is 10.0 Å². The Morgan fingerprint density at radius 3 is 2.88 bits per heavy atom. The highest BCUT2D eigenvalue weighted by molar-refractivity contribution is 9.10. The summed E-state index contributed by atoms with van der Waals surface area (Å²) in [5.74, 6) is -0.489. The number of benzene rings is 1. The van der Waals surface area contributed by atoms with Crippen LogP contribution in [-0.2, 0) is 19.1 Å². The number of amides is 1. The summed E-state index contributed by atoms with van der Waals surface area (Å²) in [4.78, 5) is 27.2. The van der Waals surface area contributed by atoms with Crippen LogP contribution in [0.4, 0.5) is 0 Å². The molecule has 6 nitrogen and oxygen atoms in total. The third-order valence-electron chi connectivity index (χ3n) is 3.86. The second-order valence-electron chi connectivity index (χ2n) is 5.67. The minimum absolute atomic E-state index is 0.0231. The van der Waals surface area contributed by atoms with Crippen LogP contribution in [0.15, 0.2) is 28.7 Å². The van der Waals surface area contributed by atoms with E-state index >= 15 is 0 Å². The van der Waals surface area contributed by atoms with E-state index in [0.29, 0.717) is 26.3 Å². The van der Waals surface area contributed by atoms with E-state index in [2.05, 4.69) is 20.8 Å². The maximum absolute atomic E-state index is 12.3. The molecule has 1 fully saturated rings. The molecule has 1 aliphatic heterocycles. The zero-order valence-corrected chi connectivity index (χ0v) is 15.6. The molecule has 0 N–H and O–H groups in total. The van der Waals surface area contributed by atoms with Crippen molar-refractivity contribution < 1.29 is 19.1 Å². The molecule has 1 aliphatic rings. The normalized spacial score (nSPS) is 18.2. The Morgan fingerprint density at radius 1 is 1.42 bits per heavy atom. The molecule has 1 heterocycles. The lowest BCUT2D eigenvalue weighted by Gasteiger charge is -2.33. The number of rotatable bonds is 6. The van der Waals surface area contributed by atoms with Crippen molar-refractivity contribution in [3.05, 3.63) is 34.3 Å². The fraction of sp³-hybridized carbons (Fsp3) is 0.529. The number of esters is 1. The van der Waals surface area contributed by atoms with E-state index in [9.17, 15) is 9.59 Å². The molecule has 0 aliphatic carbocycles. The molecule has 0 aromatic heterocycles. The molecular formula is C17H23BrN2O4. The molecule has 1 atom stereocenters. The first-order chi connectivity index (χ1) is 11.5. The largest absolute Gasteiger partial charge is 0.465 e. The first-order valence-electron chi connectivity index (χ1n) is 7.99. The van der Waals surface area contributed by atoms with Crippen LogP contribution in [0.2, 0.25) is 0 Å². The van der Waals surface area contributed by atoms with Crippen molar-refractivity contribution >= 4 is 27.8 Å². The molecule has 1 unspecified atom stereocenters. The molecule has 1 aromatic rings. The quantitative estimate of drug-likeness (QED) is 0.684. The zero-order valence-electron chi connectivity index (χ0n) is 14.0. The number of morpholine rings is 1. The molecule has 1 amide bonds. The summed E-state index contributed by atoms with van der Waals surface area (Å²) in [7, 11) is 1.62. The Morgan fingerprint density at radius 2 is 2.17 bits per heavy atom. The van der Waals surface area contributed by atoms with E-state index in [1.807, 2.05) is 24.3 Å². The van der Waals surface area contributed by atoms with Crippen molar-refractivity contribution in [1.82, 2.24) is 9.80 Å². The van der Waals surface area contributed by atoms with E-state index in [4.69, 9.17) is 9.47 Å². The van der Waals surface area contributed by atoms with Gasteiger partial charge in [0.05, 0.1) is 25.9 Å². The van der Waals surface area contributed by atoms with Crippen LogP contribution in [0.25, 0.3) is 0 Å². The maximum atomic E-state index is 12.3. The Labute approximate surface area is 150 Å². The number of likely N-dealkylation sites (N-methyl/N-ethyl adjacent to an activating group) is 1. The maximum Gasteiger partial charge on any atom is 0.325 e. The number of ether oxygens (including phenoxy) is 2. The average molecular weight is 399 g/mol. The zero-order chi connectivity index (χ0) is 17.5. The number of hydrogen-bond donors (Lipinski definition) is 0. The molecule has 7 heteroatoms. The second-order valence-corrected chi connectivity index (χ2v) is 6.53. The summed E-state index contributed by atoms with van der Waals surface area (Å²) in [6.07, 6.45) is -0.0718. The molecule has 0 spiro atoms. The van der Waals surface area contributed by atoms with Crippen LogP contribution in [0, 0.1) is 0 Å². The third kappa shape index (κ3) is 5.29. The molecule has 24 heavy (non-hydrogen) atoms. The molecular weight excluding hydrogens is 376 g/mol. The summed E-state index contributed by atoms with van der Waals surface area (Å²) in [6, 6.07) is 7.94. The molecule has 132 valence electrons. The van der Waals surface area contributed by atoms with Gasteiger partial charge in [-0.3, -0.25) is 14.5 Å². The summed E-state index contributed by atoms with van der Waals surface area (Å²) in [5.41, 5.74) is 1.08. The lowest BCUT2D eigenvalue weighted by atomic mass is 10.1. The van der Waals surface area contributed by atoms with Crippen molar-refractivity contribution in [1.29, 1.82) is 0 Å². The number of carbonyl (C=O) groups excluding carboxylic acids is 2. The van der Waals surface area contributed by atoms with Gasteiger partial charge in [0.1, 0.15) is 6.54 Å².